The van der Waals surface area contributed by atoms with Gasteiger partial charge in [-0.2, -0.15) is 0 Å². The molecule has 4 aromatic rings. The molecule has 0 unspecified atom stereocenters. The molecule has 0 bridgehead atoms. The second-order valence-corrected chi connectivity index (χ2v) is 9.35. The third kappa shape index (κ3) is 3.40. The Morgan fingerprint density at radius 2 is 2.07 bits per heavy atom. The number of ether oxygens (including phenoxy) is 1. The summed E-state index contributed by atoms with van der Waals surface area (Å²) in [5.74, 6) is 2.55. The van der Waals surface area contributed by atoms with E-state index in [0.29, 0.717) is 11.3 Å². The molecule has 0 aliphatic heterocycles. The number of fused-ring (bicyclic) bond motifs is 3. The van der Waals surface area contributed by atoms with Crippen molar-refractivity contribution in [3.8, 4) is 5.75 Å². The van der Waals surface area contributed by atoms with Crippen molar-refractivity contribution in [1.29, 1.82) is 0 Å². The van der Waals surface area contributed by atoms with Crippen molar-refractivity contribution in [2.45, 2.75) is 44.5 Å². The predicted molar refractivity (Wildman–Crippen MR) is 118 cm³/mol. The number of aldehydes is 1. The van der Waals surface area contributed by atoms with Gasteiger partial charge in [-0.1, -0.05) is 25.6 Å². The van der Waals surface area contributed by atoms with Crippen LogP contribution in [0, 0.1) is 13.8 Å². The van der Waals surface area contributed by atoms with Gasteiger partial charge in [0.1, 0.15) is 22.7 Å². The average molecular weight is 427 g/mol. The van der Waals surface area contributed by atoms with Gasteiger partial charge in [0.2, 0.25) is 0 Å². The van der Waals surface area contributed by atoms with Crippen molar-refractivity contribution in [3.05, 3.63) is 45.6 Å². The Balaban J connectivity index is 1.81. The third-order valence-electron chi connectivity index (χ3n) is 4.98. The average Bonchev–Trinajstić information content (AvgIpc) is 3.26. The summed E-state index contributed by atoms with van der Waals surface area (Å²) in [7, 11) is 1.63. The first kappa shape index (κ1) is 19.8. The Morgan fingerprint density at radius 3 is 2.76 bits per heavy atom. The number of nitrogens with zero attached hydrogens (tertiary/aromatic N) is 4. The topological polar surface area (TPSA) is 69.4 Å². The molecule has 0 atom stereocenters. The number of hydrogen-bond acceptors (Lipinski definition) is 7. The van der Waals surface area contributed by atoms with Crippen molar-refractivity contribution in [1.82, 2.24) is 19.6 Å². The molecular weight excluding hydrogens is 404 g/mol. The molecule has 29 heavy (non-hydrogen) atoms. The Morgan fingerprint density at radius 1 is 1.28 bits per heavy atom. The molecule has 0 spiro atoms. The molecule has 150 valence electrons. The zero-order chi connectivity index (χ0) is 20.7. The number of rotatable bonds is 6. The first-order valence-corrected chi connectivity index (χ1v) is 11.1. The molecule has 0 saturated carbocycles. The van der Waals surface area contributed by atoms with Gasteiger partial charge in [0.05, 0.1) is 12.5 Å². The molecule has 8 heteroatoms. The summed E-state index contributed by atoms with van der Waals surface area (Å²) < 4.78 is 7.53. The monoisotopic (exact) mass is 426 g/mol. The standard InChI is InChI=1S/C21H22N4O2S2/c1-11(2)18-22-20-17(12(3)13(4)29-20)19-23-24-21(25(18)19)28-10-15-8-14(9-26)6-7-16(15)27-5/h6-9,11H,10H2,1-5H3. The van der Waals surface area contributed by atoms with Crippen molar-refractivity contribution in [2.75, 3.05) is 7.11 Å². The maximum absolute atomic E-state index is 11.2. The van der Waals surface area contributed by atoms with Gasteiger partial charge >= 0.3 is 0 Å². The van der Waals surface area contributed by atoms with E-state index in [0.717, 1.165) is 44.4 Å². The van der Waals surface area contributed by atoms with Gasteiger partial charge in [0, 0.05) is 27.7 Å². The van der Waals surface area contributed by atoms with Gasteiger partial charge in [-0.25, -0.2) is 4.98 Å². The fraction of sp³-hybridized carbons (Fsp3) is 0.333. The Hall–Kier alpha value is -2.45. The molecule has 0 N–H and O–H groups in total. The molecule has 0 amide bonds. The maximum Gasteiger partial charge on any atom is 0.197 e. The van der Waals surface area contributed by atoms with Crippen LogP contribution in [0.25, 0.3) is 15.9 Å². The smallest absolute Gasteiger partial charge is 0.197 e. The summed E-state index contributed by atoms with van der Waals surface area (Å²) in [6.45, 7) is 8.49. The van der Waals surface area contributed by atoms with Crippen LogP contribution in [0.2, 0.25) is 0 Å². The third-order valence-corrected chi connectivity index (χ3v) is 7.06. The fourth-order valence-corrected chi connectivity index (χ4v) is 5.30. The van der Waals surface area contributed by atoms with Crippen LogP contribution in [0.1, 0.15) is 52.0 Å². The lowest BCUT2D eigenvalue weighted by atomic mass is 10.1. The van der Waals surface area contributed by atoms with Gasteiger partial charge in [-0.3, -0.25) is 9.20 Å². The van der Waals surface area contributed by atoms with Crippen molar-refractivity contribution < 1.29 is 9.53 Å². The van der Waals surface area contributed by atoms with Crippen LogP contribution in [-0.4, -0.2) is 33.0 Å². The minimum Gasteiger partial charge on any atom is -0.496 e. The normalized spacial score (nSPS) is 11.7. The summed E-state index contributed by atoms with van der Waals surface area (Å²) in [6, 6.07) is 5.43. The van der Waals surface area contributed by atoms with E-state index in [-0.39, 0.29) is 5.92 Å². The summed E-state index contributed by atoms with van der Waals surface area (Å²) in [5, 5.41) is 10.9. The number of thioether (sulfide) groups is 1. The molecule has 1 aromatic carbocycles. The van der Waals surface area contributed by atoms with E-state index in [9.17, 15) is 4.79 Å². The molecule has 3 heterocycles. The van der Waals surface area contributed by atoms with Crippen molar-refractivity contribution in [2.24, 2.45) is 0 Å². The van der Waals surface area contributed by atoms with E-state index in [2.05, 4.69) is 42.3 Å². The van der Waals surface area contributed by atoms with Crippen LogP contribution >= 0.6 is 23.1 Å². The zero-order valence-electron chi connectivity index (χ0n) is 17.0. The number of methoxy groups -OCH3 is 1. The highest BCUT2D eigenvalue weighted by molar-refractivity contribution is 7.98. The minimum atomic E-state index is 0.230. The number of carbonyl (C=O) groups is 1. The Kier molecular flexibility index (Phi) is 5.31. The fourth-order valence-electron chi connectivity index (χ4n) is 3.35. The van der Waals surface area contributed by atoms with Gasteiger partial charge in [-0.05, 0) is 37.6 Å². The number of aromatic nitrogens is 4. The molecule has 0 radical (unpaired) electrons. The second-order valence-electron chi connectivity index (χ2n) is 7.21. The van der Waals surface area contributed by atoms with Gasteiger partial charge in [0.25, 0.3) is 0 Å². The second kappa shape index (κ2) is 7.76. The zero-order valence-corrected chi connectivity index (χ0v) is 18.6. The number of aryl methyl sites for hydroxylation is 2. The molecule has 0 aliphatic rings. The molecule has 4 rings (SSSR count). The van der Waals surface area contributed by atoms with E-state index >= 15 is 0 Å². The van der Waals surface area contributed by atoms with E-state index in [4.69, 9.17) is 9.72 Å². The summed E-state index contributed by atoms with van der Waals surface area (Å²) in [5.41, 5.74) is 3.64. The van der Waals surface area contributed by atoms with Gasteiger partial charge in [-0.15, -0.1) is 21.5 Å². The lowest BCUT2D eigenvalue weighted by Gasteiger charge is -2.11. The van der Waals surface area contributed by atoms with Crippen LogP contribution in [0.5, 0.6) is 5.75 Å². The minimum absolute atomic E-state index is 0.230. The largest absolute Gasteiger partial charge is 0.496 e. The highest BCUT2D eigenvalue weighted by Gasteiger charge is 2.21. The first-order valence-electron chi connectivity index (χ1n) is 9.34. The summed E-state index contributed by atoms with van der Waals surface area (Å²) in [6.07, 6.45) is 0.847. The number of thiophene rings is 1. The quantitative estimate of drug-likeness (QED) is 0.312. The highest BCUT2D eigenvalue weighted by Crippen LogP contribution is 2.36. The number of benzene rings is 1. The van der Waals surface area contributed by atoms with Crippen LogP contribution in [0.4, 0.5) is 0 Å². The van der Waals surface area contributed by atoms with Gasteiger partial charge in [0.15, 0.2) is 10.8 Å². The molecule has 0 fully saturated rings. The van der Waals surface area contributed by atoms with E-state index < -0.39 is 0 Å². The lowest BCUT2D eigenvalue weighted by molar-refractivity contribution is 0.112. The molecular formula is C21H22N4O2S2. The number of hydrogen-bond donors (Lipinski definition) is 0. The van der Waals surface area contributed by atoms with Crippen LogP contribution in [-0.2, 0) is 5.75 Å². The lowest BCUT2D eigenvalue weighted by Crippen LogP contribution is -2.04. The van der Waals surface area contributed by atoms with Crippen LogP contribution in [0.3, 0.4) is 0 Å². The number of carbonyl (C=O) groups excluding carboxylic acids is 1. The maximum atomic E-state index is 11.2. The summed E-state index contributed by atoms with van der Waals surface area (Å²) in [4.78, 5) is 18.4. The SMILES string of the molecule is COc1ccc(C=O)cc1CSc1nnc2c3c(C)c(C)sc3nc(C(C)C)n12. The molecule has 6 nitrogen and oxygen atoms in total. The van der Waals surface area contributed by atoms with Gasteiger partial charge < -0.3 is 4.74 Å². The predicted octanol–water partition coefficient (Wildman–Crippen LogP) is 5.19. The summed E-state index contributed by atoms with van der Waals surface area (Å²) >= 11 is 3.27. The molecule has 3 aromatic heterocycles. The highest BCUT2D eigenvalue weighted by atomic mass is 32.2. The molecule has 0 saturated heterocycles. The Labute approximate surface area is 177 Å². The van der Waals surface area contributed by atoms with E-state index in [1.54, 1.807) is 36.3 Å². The Bertz CT molecular complexity index is 1230. The van der Waals surface area contributed by atoms with Crippen molar-refractivity contribution in [3.63, 3.8) is 0 Å². The van der Waals surface area contributed by atoms with Crippen molar-refractivity contribution >= 4 is 45.2 Å². The van der Waals surface area contributed by atoms with E-state index in [1.165, 1.54) is 10.4 Å². The van der Waals surface area contributed by atoms with E-state index in [1.807, 2.05) is 12.1 Å². The van der Waals surface area contributed by atoms with Crippen LogP contribution < -0.4 is 4.74 Å². The first-order chi connectivity index (χ1) is 13.9. The van der Waals surface area contributed by atoms with Crippen LogP contribution in [0.15, 0.2) is 23.4 Å². The molecule has 0 aliphatic carbocycles.